The van der Waals surface area contributed by atoms with Gasteiger partial charge in [-0.3, -0.25) is 0 Å². The van der Waals surface area contributed by atoms with Crippen molar-refractivity contribution in [2.24, 2.45) is 11.8 Å². The van der Waals surface area contributed by atoms with Crippen LogP contribution in [-0.4, -0.2) is 15.0 Å². The second-order valence-electron chi connectivity index (χ2n) is 16.2. The smallest absolute Gasteiger partial charge is 0.164 e. The fourth-order valence-corrected chi connectivity index (χ4v) is 10.8. The molecule has 2 atom stereocenters. The molecule has 2 heterocycles. The Hall–Kier alpha value is -7.21. The molecular formula is C56H40N4S. The van der Waals surface area contributed by atoms with Crippen LogP contribution >= 0.6 is 11.3 Å². The zero-order valence-corrected chi connectivity index (χ0v) is 34.2. The lowest BCUT2D eigenvalue weighted by molar-refractivity contribution is 0.857. The van der Waals surface area contributed by atoms with Crippen LogP contribution in [0, 0.1) is 11.8 Å². The van der Waals surface area contributed by atoms with Gasteiger partial charge in [0.05, 0.1) is 0 Å². The van der Waals surface area contributed by atoms with Crippen LogP contribution < -0.4 is 4.90 Å². The summed E-state index contributed by atoms with van der Waals surface area (Å²) in [5.74, 6) is 3.43. The van der Waals surface area contributed by atoms with Gasteiger partial charge in [0, 0.05) is 54.3 Å². The largest absolute Gasteiger partial charge is 0.310 e. The average Bonchev–Trinajstić information content (AvgIpc) is 3.95. The predicted molar refractivity (Wildman–Crippen MR) is 254 cm³/mol. The van der Waals surface area contributed by atoms with Crippen molar-refractivity contribution < 1.29 is 0 Å². The van der Waals surface area contributed by atoms with Crippen molar-refractivity contribution in [2.75, 3.05) is 4.90 Å². The number of nitrogens with zero attached hydrogens (tertiary/aromatic N) is 4. The van der Waals surface area contributed by atoms with Crippen LogP contribution in [0.15, 0.2) is 194 Å². The first-order valence-electron chi connectivity index (χ1n) is 21.2. The van der Waals surface area contributed by atoms with E-state index in [2.05, 4.69) is 187 Å². The standard InChI is InChI=1S/C56H40N4S/c1-3-17-37(18-4-1)54-57-55(59-56(58-54)53-45-26-10-11-27-46(45)53)47-28-12-9-25-43(47)44-29-15-31-50-52(44)48-33-32-39(35-51(48)61-50)38-20-13-23-41(34-38)60(40-21-5-2-6-22-40)49-30-14-19-36-16-7-8-24-42(36)49/h1-7,9-23,25-35,45-46,53H,8,24H2. The Kier molecular flexibility index (Phi) is 8.67. The number of hydrogen-bond donors (Lipinski definition) is 0. The van der Waals surface area contributed by atoms with Crippen molar-refractivity contribution >= 4 is 54.6 Å². The van der Waals surface area contributed by atoms with Gasteiger partial charge in [0.2, 0.25) is 0 Å². The van der Waals surface area contributed by atoms with Crippen molar-refractivity contribution in [1.29, 1.82) is 0 Å². The molecule has 3 aliphatic rings. The summed E-state index contributed by atoms with van der Waals surface area (Å²) in [6.07, 6.45) is 15.5. The summed E-state index contributed by atoms with van der Waals surface area (Å²) in [5, 5.41) is 2.51. The van der Waals surface area contributed by atoms with E-state index in [1.54, 1.807) is 0 Å². The minimum atomic E-state index is 0.257. The van der Waals surface area contributed by atoms with E-state index in [1.165, 1.54) is 53.7 Å². The highest BCUT2D eigenvalue weighted by Gasteiger charge is 2.50. The molecule has 0 radical (unpaired) electrons. The molecule has 0 spiro atoms. The zero-order chi connectivity index (χ0) is 40.3. The van der Waals surface area contributed by atoms with Crippen LogP contribution in [0.4, 0.5) is 17.1 Å². The van der Waals surface area contributed by atoms with Crippen LogP contribution in [0.1, 0.15) is 29.3 Å². The summed E-state index contributed by atoms with van der Waals surface area (Å²) in [5.41, 5.74) is 12.9. The predicted octanol–water partition coefficient (Wildman–Crippen LogP) is 14.8. The molecule has 0 N–H and O–H groups in total. The van der Waals surface area contributed by atoms with Gasteiger partial charge in [0.25, 0.3) is 0 Å². The molecule has 1 saturated carbocycles. The van der Waals surface area contributed by atoms with Crippen LogP contribution in [0.5, 0.6) is 0 Å². The molecule has 0 saturated heterocycles. The summed E-state index contributed by atoms with van der Waals surface area (Å²) in [7, 11) is 0. The SMILES string of the molecule is C1=CC2C(C=C1)C2c1nc(-c2ccccc2)nc(-c2ccccc2-c2cccc3sc4cc(-c5cccc(N(c6ccccc6)c6cccc7c6CCC=C7)c5)ccc4c23)n1. The molecule has 0 bridgehead atoms. The van der Waals surface area contributed by atoms with Gasteiger partial charge in [0.15, 0.2) is 11.6 Å². The third kappa shape index (κ3) is 6.32. The molecule has 5 heteroatoms. The van der Waals surface area contributed by atoms with E-state index in [0.717, 1.165) is 52.6 Å². The van der Waals surface area contributed by atoms with Gasteiger partial charge in [-0.1, -0.05) is 158 Å². The number of aromatic nitrogens is 3. The molecule has 12 rings (SSSR count). The zero-order valence-electron chi connectivity index (χ0n) is 33.4. The summed E-state index contributed by atoms with van der Waals surface area (Å²) < 4.78 is 2.52. The maximum atomic E-state index is 5.26. The minimum Gasteiger partial charge on any atom is -0.310 e. The summed E-state index contributed by atoms with van der Waals surface area (Å²) in [6.45, 7) is 0. The van der Waals surface area contributed by atoms with Crippen molar-refractivity contribution in [2.45, 2.75) is 18.8 Å². The van der Waals surface area contributed by atoms with Crippen LogP contribution in [0.2, 0.25) is 0 Å². The molecule has 3 aliphatic carbocycles. The van der Waals surface area contributed by atoms with Gasteiger partial charge >= 0.3 is 0 Å². The van der Waals surface area contributed by atoms with Gasteiger partial charge in [-0.25, -0.2) is 15.0 Å². The summed E-state index contributed by atoms with van der Waals surface area (Å²) in [4.78, 5) is 18.0. The van der Waals surface area contributed by atoms with E-state index in [-0.39, 0.29) is 5.92 Å². The van der Waals surface area contributed by atoms with Gasteiger partial charge < -0.3 is 4.90 Å². The van der Waals surface area contributed by atoms with Gasteiger partial charge in [0.1, 0.15) is 5.82 Å². The highest BCUT2D eigenvalue weighted by Crippen LogP contribution is 2.56. The Bertz CT molecular complexity index is 3220. The molecule has 290 valence electrons. The molecule has 0 aliphatic heterocycles. The van der Waals surface area contributed by atoms with E-state index in [1.807, 2.05) is 29.5 Å². The van der Waals surface area contributed by atoms with Crippen molar-refractivity contribution in [3.8, 4) is 45.0 Å². The van der Waals surface area contributed by atoms with E-state index in [4.69, 9.17) is 15.0 Å². The van der Waals surface area contributed by atoms with E-state index in [0.29, 0.717) is 17.7 Å². The normalized spacial score (nSPS) is 17.3. The molecule has 1 fully saturated rings. The van der Waals surface area contributed by atoms with Crippen molar-refractivity contribution in [1.82, 2.24) is 15.0 Å². The molecule has 4 nitrogen and oxygen atoms in total. The van der Waals surface area contributed by atoms with Crippen LogP contribution in [0.25, 0.3) is 71.3 Å². The van der Waals surface area contributed by atoms with Crippen molar-refractivity contribution in [3.05, 3.63) is 211 Å². The number of benzene rings is 7. The minimum absolute atomic E-state index is 0.257. The Morgan fingerprint density at radius 1 is 0.525 bits per heavy atom. The lowest BCUT2D eigenvalue weighted by atomic mass is 9.94. The van der Waals surface area contributed by atoms with E-state index < -0.39 is 0 Å². The maximum absolute atomic E-state index is 5.26. The Balaban J connectivity index is 0.953. The second-order valence-corrected chi connectivity index (χ2v) is 17.3. The highest BCUT2D eigenvalue weighted by molar-refractivity contribution is 7.26. The fraction of sp³-hybridized carbons (Fsp3) is 0.0893. The van der Waals surface area contributed by atoms with Crippen LogP contribution in [-0.2, 0) is 6.42 Å². The Labute approximate surface area is 359 Å². The number of hydrogen-bond acceptors (Lipinski definition) is 5. The number of thiophene rings is 1. The number of anilines is 3. The first-order valence-corrected chi connectivity index (χ1v) is 22.0. The number of allylic oxidation sites excluding steroid dienone is 5. The second kappa shape index (κ2) is 14.8. The molecule has 7 aromatic carbocycles. The van der Waals surface area contributed by atoms with Crippen LogP contribution in [0.3, 0.4) is 0 Å². The molecule has 2 aromatic heterocycles. The monoisotopic (exact) mass is 800 g/mol. The fourth-order valence-electron chi connectivity index (χ4n) is 9.60. The maximum Gasteiger partial charge on any atom is 0.164 e. The lowest BCUT2D eigenvalue weighted by Crippen LogP contribution is -2.13. The van der Waals surface area contributed by atoms with E-state index >= 15 is 0 Å². The molecular weight excluding hydrogens is 761 g/mol. The van der Waals surface area contributed by atoms with Gasteiger partial charge in [-0.2, -0.15) is 0 Å². The molecule has 2 unspecified atom stereocenters. The first kappa shape index (κ1) is 35.7. The summed E-state index contributed by atoms with van der Waals surface area (Å²) in [6, 6.07) is 59.1. The number of rotatable bonds is 8. The third-order valence-corrected chi connectivity index (χ3v) is 13.7. The Morgan fingerprint density at radius 2 is 1.21 bits per heavy atom. The Morgan fingerprint density at radius 3 is 2.07 bits per heavy atom. The molecule has 9 aromatic rings. The first-order chi connectivity index (χ1) is 30.2. The van der Waals surface area contributed by atoms with E-state index in [9.17, 15) is 0 Å². The lowest BCUT2D eigenvalue weighted by Gasteiger charge is -2.29. The number of fused-ring (bicyclic) bond motifs is 5. The van der Waals surface area contributed by atoms with Crippen molar-refractivity contribution in [3.63, 3.8) is 0 Å². The average molecular weight is 801 g/mol. The quantitative estimate of drug-likeness (QED) is 0.153. The molecule has 0 amide bonds. The van der Waals surface area contributed by atoms with Gasteiger partial charge in [-0.05, 0) is 101 Å². The summed E-state index contributed by atoms with van der Waals surface area (Å²) >= 11 is 1.86. The van der Waals surface area contributed by atoms with Gasteiger partial charge in [-0.15, -0.1) is 11.3 Å². The highest BCUT2D eigenvalue weighted by atomic mass is 32.1. The third-order valence-electron chi connectivity index (χ3n) is 12.6. The molecule has 61 heavy (non-hydrogen) atoms. The topological polar surface area (TPSA) is 41.9 Å². The number of para-hydroxylation sites is 1.